The molecule has 8 heteroatoms. The van der Waals surface area contributed by atoms with Crippen LogP contribution in [0.25, 0.3) is 11.1 Å². The summed E-state index contributed by atoms with van der Waals surface area (Å²) in [5.41, 5.74) is 9.57. The maximum Gasteiger partial charge on any atom is 0.253 e. The number of carbonyl (C=O) groups is 1. The van der Waals surface area contributed by atoms with Crippen LogP contribution in [0.2, 0.25) is 0 Å². The summed E-state index contributed by atoms with van der Waals surface area (Å²) in [7, 11) is 1.87. The van der Waals surface area contributed by atoms with Gasteiger partial charge in [-0.2, -0.15) is 5.10 Å². The van der Waals surface area contributed by atoms with Gasteiger partial charge in [0.2, 0.25) is 0 Å². The number of β-amino-alcohol motifs (C(OH)–C–C–N with tert-alkyl or cyclic N) is 1. The van der Waals surface area contributed by atoms with Crippen molar-refractivity contribution in [3.05, 3.63) is 65.9 Å². The van der Waals surface area contributed by atoms with E-state index in [9.17, 15) is 9.90 Å². The molecule has 2 aromatic carbocycles. The minimum atomic E-state index is -0.850. The van der Waals surface area contributed by atoms with E-state index in [-0.39, 0.29) is 5.91 Å². The Hall–Kier alpha value is -3.65. The highest BCUT2D eigenvalue weighted by molar-refractivity contribution is 5.95. The van der Waals surface area contributed by atoms with Crippen LogP contribution in [0.15, 0.2) is 59.7 Å². The van der Waals surface area contributed by atoms with E-state index in [4.69, 9.17) is 5.73 Å². The highest BCUT2D eigenvalue weighted by Crippen LogP contribution is 2.29. The Kier molecular flexibility index (Phi) is 5.38. The smallest absolute Gasteiger partial charge is 0.253 e. The Balaban J connectivity index is 1.19. The molecule has 0 spiro atoms. The molecule has 5 rings (SSSR count). The second-order valence-corrected chi connectivity index (χ2v) is 8.95. The Morgan fingerprint density at radius 3 is 2.58 bits per heavy atom. The molecule has 0 unspecified atom stereocenters. The molecule has 2 aliphatic rings. The topological polar surface area (TPSA) is 100.0 Å². The number of aliphatic hydroxyl groups is 1. The van der Waals surface area contributed by atoms with Gasteiger partial charge in [0, 0.05) is 55.6 Å². The van der Waals surface area contributed by atoms with Crippen molar-refractivity contribution in [2.24, 2.45) is 12.0 Å². The molecule has 0 bridgehead atoms. The van der Waals surface area contributed by atoms with E-state index in [2.05, 4.69) is 10.1 Å². The van der Waals surface area contributed by atoms with Crippen LogP contribution in [0.4, 0.5) is 11.5 Å². The van der Waals surface area contributed by atoms with Gasteiger partial charge in [-0.25, -0.2) is 4.99 Å². The quantitative estimate of drug-likeness (QED) is 0.603. The molecule has 170 valence electrons. The first-order valence-electron chi connectivity index (χ1n) is 11.2. The number of aryl methyl sites for hydroxylation is 1. The number of fused-ring (bicyclic) bond motifs is 1. The lowest BCUT2D eigenvalue weighted by atomic mass is 9.90. The summed E-state index contributed by atoms with van der Waals surface area (Å²) >= 11 is 0. The summed E-state index contributed by atoms with van der Waals surface area (Å²) in [5.74, 6) is 0.851. The van der Waals surface area contributed by atoms with Crippen molar-refractivity contribution in [1.82, 2.24) is 19.6 Å². The molecule has 1 saturated heterocycles. The van der Waals surface area contributed by atoms with Gasteiger partial charge in [-0.15, -0.1) is 0 Å². The Morgan fingerprint density at radius 2 is 1.85 bits per heavy atom. The van der Waals surface area contributed by atoms with Crippen LogP contribution in [-0.4, -0.2) is 62.2 Å². The average molecular weight is 445 g/mol. The summed E-state index contributed by atoms with van der Waals surface area (Å²) in [6.45, 7) is 2.20. The van der Waals surface area contributed by atoms with E-state index in [0.29, 0.717) is 50.3 Å². The zero-order valence-electron chi connectivity index (χ0n) is 18.7. The van der Waals surface area contributed by atoms with Gasteiger partial charge in [0.05, 0.1) is 18.1 Å². The monoisotopic (exact) mass is 444 g/mol. The number of hydrogen-bond acceptors (Lipinski definition) is 6. The molecule has 3 aromatic rings. The van der Waals surface area contributed by atoms with Crippen molar-refractivity contribution in [3.63, 3.8) is 0 Å². The number of nitrogens with two attached hydrogens (primary N) is 1. The maximum atomic E-state index is 13.0. The van der Waals surface area contributed by atoms with Crippen molar-refractivity contribution in [3.8, 4) is 11.1 Å². The molecule has 1 fully saturated rings. The normalized spacial score (nSPS) is 17.2. The van der Waals surface area contributed by atoms with Gasteiger partial charge < -0.3 is 20.6 Å². The third kappa shape index (κ3) is 4.21. The van der Waals surface area contributed by atoms with Crippen LogP contribution in [0.3, 0.4) is 0 Å². The minimum Gasteiger partial charge on any atom is -0.398 e. The van der Waals surface area contributed by atoms with Crippen LogP contribution in [-0.2, 0) is 13.6 Å². The van der Waals surface area contributed by atoms with Crippen molar-refractivity contribution >= 4 is 23.8 Å². The number of hydrogen-bond donors (Lipinski definition) is 2. The molecule has 0 saturated carbocycles. The molecule has 3 heterocycles. The third-order valence-corrected chi connectivity index (χ3v) is 6.58. The van der Waals surface area contributed by atoms with Crippen LogP contribution < -0.4 is 5.73 Å². The summed E-state index contributed by atoms with van der Waals surface area (Å²) in [6.07, 6.45) is 4.66. The third-order valence-electron chi connectivity index (χ3n) is 6.58. The second-order valence-electron chi connectivity index (χ2n) is 8.95. The lowest BCUT2D eigenvalue weighted by molar-refractivity contribution is -0.0301. The summed E-state index contributed by atoms with van der Waals surface area (Å²) in [6, 6.07) is 15.3. The van der Waals surface area contributed by atoms with Gasteiger partial charge in [0.1, 0.15) is 0 Å². The molecule has 0 atom stereocenters. The number of rotatable bonds is 4. The van der Waals surface area contributed by atoms with Crippen molar-refractivity contribution < 1.29 is 9.90 Å². The number of nitrogen functional groups attached to an aromatic ring is 1. The first-order valence-corrected chi connectivity index (χ1v) is 11.2. The summed E-state index contributed by atoms with van der Waals surface area (Å²) in [4.78, 5) is 21.3. The van der Waals surface area contributed by atoms with E-state index in [0.717, 1.165) is 22.5 Å². The minimum absolute atomic E-state index is 0.0100. The van der Waals surface area contributed by atoms with E-state index >= 15 is 0 Å². The van der Waals surface area contributed by atoms with Crippen molar-refractivity contribution in [1.29, 1.82) is 0 Å². The first-order chi connectivity index (χ1) is 15.9. The SMILES string of the molecule is Cn1ncc2c1N=CN(CC1(O)CCN(C(=O)c3ccc(-c4ccccc4N)cc3)CC1)C2. The number of para-hydroxylation sites is 1. The Morgan fingerprint density at radius 1 is 1.12 bits per heavy atom. The Bertz CT molecular complexity index is 1190. The molecule has 2 aliphatic heterocycles. The molecular weight excluding hydrogens is 416 g/mol. The fourth-order valence-corrected chi connectivity index (χ4v) is 4.64. The average Bonchev–Trinajstić information content (AvgIpc) is 3.19. The zero-order valence-corrected chi connectivity index (χ0v) is 18.7. The van der Waals surface area contributed by atoms with E-state index < -0.39 is 5.60 Å². The zero-order chi connectivity index (χ0) is 23.0. The molecule has 0 radical (unpaired) electrons. The van der Waals surface area contributed by atoms with E-state index in [1.54, 1.807) is 11.0 Å². The van der Waals surface area contributed by atoms with Gasteiger partial charge in [-0.05, 0) is 36.6 Å². The molecule has 8 nitrogen and oxygen atoms in total. The number of aliphatic imine (C=N–C) groups is 1. The molecule has 3 N–H and O–H groups in total. The number of likely N-dealkylation sites (tertiary alicyclic amines) is 1. The predicted octanol–water partition coefficient (Wildman–Crippen LogP) is 2.81. The molecule has 33 heavy (non-hydrogen) atoms. The van der Waals surface area contributed by atoms with Gasteiger partial charge in [0.15, 0.2) is 5.82 Å². The largest absolute Gasteiger partial charge is 0.398 e. The van der Waals surface area contributed by atoms with Gasteiger partial charge in [-0.1, -0.05) is 30.3 Å². The van der Waals surface area contributed by atoms with Gasteiger partial charge in [-0.3, -0.25) is 9.48 Å². The fourth-order valence-electron chi connectivity index (χ4n) is 4.64. The number of nitrogens with zero attached hydrogens (tertiary/aromatic N) is 5. The highest BCUT2D eigenvalue weighted by atomic mass is 16.3. The van der Waals surface area contributed by atoms with Crippen LogP contribution in [0, 0.1) is 0 Å². The number of anilines is 1. The predicted molar refractivity (Wildman–Crippen MR) is 128 cm³/mol. The second kappa shape index (κ2) is 8.37. The molecular formula is C25H28N6O2. The number of carbonyl (C=O) groups excluding carboxylic acids is 1. The fraction of sp³-hybridized carbons (Fsp3) is 0.320. The lowest BCUT2D eigenvalue weighted by Gasteiger charge is -2.41. The number of amides is 1. The highest BCUT2D eigenvalue weighted by Gasteiger charge is 2.36. The summed E-state index contributed by atoms with van der Waals surface area (Å²) < 4.78 is 1.75. The number of benzene rings is 2. The molecule has 1 amide bonds. The maximum absolute atomic E-state index is 13.0. The standard InChI is InChI=1S/C25H28N6O2/c1-29-23-20(14-28-29)15-30(17-27-23)16-25(33)10-12-31(13-11-25)24(32)19-8-6-18(7-9-19)21-4-2-3-5-22(21)26/h2-9,14,17,33H,10-13,15-16,26H2,1H3. The van der Waals surface area contributed by atoms with Gasteiger partial charge in [0.25, 0.3) is 5.91 Å². The van der Waals surface area contributed by atoms with E-state index in [1.807, 2.05) is 71.6 Å². The van der Waals surface area contributed by atoms with Crippen LogP contribution >= 0.6 is 0 Å². The van der Waals surface area contributed by atoms with Crippen molar-refractivity contribution in [2.75, 3.05) is 25.4 Å². The number of aromatic nitrogens is 2. The number of piperidine rings is 1. The molecule has 0 aliphatic carbocycles. The molecule has 1 aromatic heterocycles. The summed E-state index contributed by atoms with van der Waals surface area (Å²) in [5, 5.41) is 15.4. The van der Waals surface area contributed by atoms with Crippen LogP contribution in [0.5, 0.6) is 0 Å². The lowest BCUT2D eigenvalue weighted by Crippen LogP contribution is -2.52. The van der Waals surface area contributed by atoms with E-state index in [1.165, 1.54) is 0 Å². The van der Waals surface area contributed by atoms with Crippen LogP contribution in [0.1, 0.15) is 28.8 Å². The Labute approximate surface area is 193 Å². The van der Waals surface area contributed by atoms with Gasteiger partial charge >= 0.3 is 0 Å². The first kappa shape index (κ1) is 21.2. The van der Waals surface area contributed by atoms with Crippen molar-refractivity contribution in [2.45, 2.75) is 25.0 Å².